The molecule has 4 aromatic rings. The molecule has 8 nitrogen and oxygen atoms in total. The van der Waals surface area contributed by atoms with E-state index in [4.69, 9.17) is 21.3 Å². The van der Waals surface area contributed by atoms with E-state index in [0.717, 1.165) is 34.6 Å². The molecule has 6 rings (SSSR count). The fourth-order valence-corrected chi connectivity index (χ4v) is 5.45. The van der Waals surface area contributed by atoms with Crippen molar-refractivity contribution < 1.29 is 13.9 Å². The summed E-state index contributed by atoms with van der Waals surface area (Å²) in [6.07, 6.45) is 4.51. The van der Waals surface area contributed by atoms with Crippen LogP contribution in [0.5, 0.6) is 0 Å². The molecule has 0 N–H and O–H groups in total. The Morgan fingerprint density at radius 1 is 1.22 bits per heavy atom. The minimum Gasteiger partial charge on any atom is -0.377 e. The van der Waals surface area contributed by atoms with E-state index in [-0.39, 0.29) is 17.8 Å². The average molecular weight is 521 g/mol. The number of aromatic nitrogens is 5. The van der Waals surface area contributed by atoms with Gasteiger partial charge < -0.3 is 9.30 Å². The number of alkyl halides is 1. The van der Waals surface area contributed by atoms with E-state index in [2.05, 4.69) is 28.6 Å². The van der Waals surface area contributed by atoms with E-state index in [1.54, 1.807) is 15.5 Å². The molecular formula is C27H26ClFN6O2. The average Bonchev–Trinajstić information content (AvgIpc) is 3.57. The van der Waals surface area contributed by atoms with Crippen LogP contribution in [0, 0.1) is 6.92 Å². The van der Waals surface area contributed by atoms with Gasteiger partial charge in [0.2, 0.25) is 0 Å². The molecule has 190 valence electrons. The number of fused-ring (bicyclic) bond motifs is 2. The smallest absolute Gasteiger partial charge is 0.279 e. The number of ether oxygens (including phenoxy) is 1. The second-order valence-electron chi connectivity index (χ2n) is 9.64. The SMILES string of the molecule is Cc1cc(N2C(=O)c3nc(C4=CCOCC4)n(C(C)C)c3C2c2ccc(Cl)cc2)cn2c(CF)nnc12. The van der Waals surface area contributed by atoms with E-state index in [1.165, 1.54) is 0 Å². The predicted octanol–water partition coefficient (Wildman–Crippen LogP) is 5.49. The first kappa shape index (κ1) is 23.8. The molecular weight excluding hydrogens is 495 g/mol. The Hall–Kier alpha value is -3.56. The van der Waals surface area contributed by atoms with Gasteiger partial charge >= 0.3 is 0 Å². The van der Waals surface area contributed by atoms with Gasteiger partial charge in [0.05, 0.1) is 24.6 Å². The molecule has 2 aliphatic rings. The van der Waals surface area contributed by atoms with Crippen LogP contribution in [0.1, 0.15) is 71.3 Å². The largest absolute Gasteiger partial charge is 0.377 e. The van der Waals surface area contributed by atoms with Gasteiger partial charge in [-0.3, -0.25) is 14.1 Å². The number of imidazole rings is 1. The lowest BCUT2D eigenvalue weighted by molar-refractivity contribution is 0.0989. The number of anilines is 1. The van der Waals surface area contributed by atoms with Crippen LogP contribution in [0.4, 0.5) is 10.1 Å². The highest BCUT2D eigenvalue weighted by molar-refractivity contribution is 6.30. The quantitative estimate of drug-likeness (QED) is 0.347. The van der Waals surface area contributed by atoms with Crippen LogP contribution < -0.4 is 4.90 Å². The van der Waals surface area contributed by atoms with Gasteiger partial charge in [-0.05, 0) is 62.1 Å². The lowest BCUT2D eigenvalue weighted by atomic mass is 10.0. The Morgan fingerprint density at radius 3 is 2.68 bits per heavy atom. The molecule has 0 fully saturated rings. The summed E-state index contributed by atoms with van der Waals surface area (Å²) in [5.74, 6) is 0.781. The summed E-state index contributed by atoms with van der Waals surface area (Å²) < 4.78 is 23.0. The number of halogens is 2. The molecule has 0 saturated carbocycles. The normalized spacial score (nSPS) is 17.7. The Labute approximate surface area is 218 Å². The van der Waals surface area contributed by atoms with Gasteiger partial charge in [-0.2, -0.15) is 0 Å². The number of aryl methyl sites for hydroxylation is 1. The summed E-state index contributed by atoms with van der Waals surface area (Å²) in [7, 11) is 0. The fraction of sp³-hybridized carbons (Fsp3) is 0.333. The van der Waals surface area contributed by atoms with Gasteiger partial charge in [0.25, 0.3) is 5.91 Å². The van der Waals surface area contributed by atoms with Crippen LogP contribution in [0.15, 0.2) is 42.6 Å². The van der Waals surface area contributed by atoms with Crippen LogP contribution >= 0.6 is 11.6 Å². The molecule has 1 unspecified atom stereocenters. The number of pyridine rings is 1. The van der Waals surface area contributed by atoms with E-state index >= 15 is 0 Å². The summed E-state index contributed by atoms with van der Waals surface area (Å²) in [5, 5.41) is 8.69. The van der Waals surface area contributed by atoms with Gasteiger partial charge in [0.15, 0.2) is 17.2 Å². The maximum Gasteiger partial charge on any atom is 0.279 e. The Bertz CT molecular complexity index is 1560. The third kappa shape index (κ3) is 3.76. The van der Waals surface area contributed by atoms with Crippen molar-refractivity contribution in [2.75, 3.05) is 18.1 Å². The zero-order valence-electron chi connectivity index (χ0n) is 20.8. The predicted molar refractivity (Wildman–Crippen MR) is 139 cm³/mol. The zero-order valence-corrected chi connectivity index (χ0v) is 21.5. The lowest BCUT2D eigenvalue weighted by Crippen LogP contribution is -2.31. The molecule has 1 aromatic carbocycles. The van der Waals surface area contributed by atoms with Crippen molar-refractivity contribution in [2.45, 2.75) is 46.0 Å². The molecule has 5 heterocycles. The van der Waals surface area contributed by atoms with Crippen molar-refractivity contribution in [1.82, 2.24) is 24.1 Å². The van der Waals surface area contributed by atoms with Crippen molar-refractivity contribution in [3.8, 4) is 0 Å². The van der Waals surface area contributed by atoms with Crippen molar-refractivity contribution in [3.05, 3.63) is 81.8 Å². The first-order chi connectivity index (χ1) is 17.9. The number of rotatable bonds is 5. The summed E-state index contributed by atoms with van der Waals surface area (Å²) >= 11 is 6.22. The fourth-order valence-electron chi connectivity index (χ4n) is 5.32. The third-order valence-corrected chi connectivity index (χ3v) is 7.23. The molecule has 3 aromatic heterocycles. The van der Waals surface area contributed by atoms with Gasteiger partial charge in [0, 0.05) is 17.3 Å². The zero-order chi connectivity index (χ0) is 25.8. The summed E-state index contributed by atoms with van der Waals surface area (Å²) in [5.41, 5.74) is 5.19. The second kappa shape index (κ2) is 9.08. The first-order valence-corrected chi connectivity index (χ1v) is 12.6. The van der Waals surface area contributed by atoms with E-state index in [0.29, 0.717) is 35.3 Å². The molecule has 37 heavy (non-hydrogen) atoms. The monoisotopic (exact) mass is 520 g/mol. The Balaban J connectivity index is 1.59. The molecule has 2 aliphatic heterocycles. The number of carbonyl (C=O) groups excluding carboxylic acids is 1. The lowest BCUT2D eigenvalue weighted by Gasteiger charge is -2.29. The number of amides is 1. The van der Waals surface area contributed by atoms with Crippen LogP contribution in [0.2, 0.25) is 5.02 Å². The van der Waals surface area contributed by atoms with Crippen LogP contribution in [-0.4, -0.2) is 43.3 Å². The molecule has 1 amide bonds. The standard InChI is InChI=1S/C27H26ClFN6O2/c1-15(2)34-24-22(30-26(34)18-8-10-37-11-9-18)27(36)35(23(24)17-4-6-19(28)7-5-17)20-12-16(3)25-32-31-21(13-29)33(25)14-20/h4-8,12,14-15,23H,9-11,13H2,1-3H3. The molecule has 0 aliphatic carbocycles. The highest BCUT2D eigenvalue weighted by Gasteiger charge is 2.45. The highest BCUT2D eigenvalue weighted by atomic mass is 35.5. The molecule has 0 spiro atoms. The minimum absolute atomic E-state index is 0.0535. The summed E-state index contributed by atoms with van der Waals surface area (Å²) in [6, 6.07) is 9.01. The number of benzene rings is 1. The number of hydrogen-bond donors (Lipinski definition) is 0. The van der Waals surface area contributed by atoms with E-state index < -0.39 is 12.7 Å². The molecule has 0 radical (unpaired) electrons. The Morgan fingerprint density at radius 2 is 2.00 bits per heavy atom. The minimum atomic E-state index is -0.763. The van der Waals surface area contributed by atoms with Gasteiger partial charge in [-0.25, -0.2) is 9.37 Å². The van der Waals surface area contributed by atoms with Crippen molar-refractivity contribution in [2.24, 2.45) is 0 Å². The van der Waals surface area contributed by atoms with Crippen molar-refractivity contribution in [1.29, 1.82) is 0 Å². The molecule has 0 bridgehead atoms. The van der Waals surface area contributed by atoms with Gasteiger partial charge in [-0.1, -0.05) is 29.8 Å². The first-order valence-electron chi connectivity index (χ1n) is 12.3. The second-order valence-corrected chi connectivity index (χ2v) is 10.1. The van der Waals surface area contributed by atoms with Gasteiger partial charge in [0.1, 0.15) is 18.5 Å². The number of hydrogen-bond acceptors (Lipinski definition) is 5. The van der Waals surface area contributed by atoms with Crippen molar-refractivity contribution in [3.63, 3.8) is 0 Å². The number of carbonyl (C=O) groups is 1. The third-order valence-electron chi connectivity index (χ3n) is 6.98. The van der Waals surface area contributed by atoms with E-state index in [9.17, 15) is 9.18 Å². The summed E-state index contributed by atoms with van der Waals surface area (Å²) in [4.78, 5) is 20.8. The summed E-state index contributed by atoms with van der Waals surface area (Å²) in [6.45, 7) is 6.46. The highest BCUT2D eigenvalue weighted by Crippen LogP contribution is 2.44. The molecule has 1 atom stereocenters. The van der Waals surface area contributed by atoms with Crippen LogP contribution in [0.3, 0.4) is 0 Å². The molecule has 10 heteroatoms. The maximum absolute atomic E-state index is 14.1. The molecule has 0 saturated heterocycles. The van der Waals surface area contributed by atoms with E-state index in [1.807, 2.05) is 43.3 Å². The maximum atomic E-state index is 14.1. The van der Waals surface area contributed by atoms with Gasteiger partial charge in [-0.15, -0.1) is 10.2 Å². The van der Waals surface area contributed by atoms with Crippen LogP contribution in [-0.2, 0) is 11.4 Å². The van der Waals surface area contributed by atoms with Crippen molar-refractivity contribution >= 4 is 34.4 Å². The topological polar surface area (TPSA) is 77.6 Å². The Kier molecular flexibility index (Phi) is 5.84. The van der Waals surface area contributed by atoms with Crippen LogP contribution in [0.25, 0.3) is 11.2 Å². The number of nitrogens with zero attached hydrogens (tertiary/aromatic N) is 6.